The van der Waals surface area contributed by atoms with Gasteiger partial charge in [-0.25, -0.2) is 0 Å². The van der Waals surface area contributed by atoms with Gasteiger partial charge in [0.05, 0.1) is 0 Å². The summed E-state index contributed by atoms with van der Waals surface area (Å²) in [6, 6.07) is 0. The molecule has 5 saturated carbocycles. The molecule has 0 bridgehead atoms. The third-order valence-electron chi connectivity index (χ3n) is 12.2. The molecule has 160 valence electrons. The largest absolute Gasteiger partial charge is 0.0625 e. The van der Waals surface area contributed by atoms with Crippen LogP contribution in [-0.4, -0.2) is 0 Å². The molecule has 0 unspecified atom stereocenters. The molecule has 5 aliphatic rings. The molecule has 0 aromatic heterocycles. The SMILES string of the molecule is CC(C)[C@H]1CC[C@]2(C)[C@H]3CC[C@@H]4[C@H]5CCCC(C)(C)[C@@H]5CC[C@H]4[C@]3(C)CC[C@H]12. The van der Waals surface area contributed by atoms with Gasteiger partial charge in [-0.15, -0.1) is 0 Å². The lowest BCUT2D eigenvalue weighted by Crippen LogP contribution is -2.58. The maximum atomic E-state index is 2.80. The molecule has 5 fully saturated rings. The Morgan fingerprint density at radius 2 is 1.25 bits per heavy atom. The second kappa shape index (κ2) is 6.50. The topological polar surface area (TPSA) is 0 Å². The van der Waals surface area contributed by atoms with Gasteiger partial charge in [-0.2, -0.15) is 0 Å². The van der Waals surface area contributed by atoms with Crippen LogP contribution < -0.4 is 0 Å². The Morgan fingerprint density at radius 1 is 0.607 bits per heavy atom. The van der Waals surface area contributed by atoms with Gasteiger partial charge < -0.3 is 0 Å². The van der Waals surface area contributed by atoms with Crippen molar-refractivity contribution < 1.29 is 0 Å². The van der Waals surface area contributed by atoms with Crippen LogP contribution in [0.15, 0.2) is 0 Å². The van der Waals surface area contributed by atoms with Crippen molar-refractivity contribution >= 4 is 0 Å². The summed E-state index contributed by atoms with van der Waals surface area (Å²) in [5, 5.41) is 0. The highest BCUT2D eigenvalue weighted by Gasteiger charge is 2.64. The van der Waals surface area contributed by atoms with Gasteiger partial charge in [0.25, 0.3) is 0 Å². The maximum absolute atomic E-state index is 2.80. The molecule has 0 amide bonds. The quantitative estimate of drug-likeness (QED) is 0.426. The van der Waals surface area contributed by atoms with Gasteiger partial charge in [0.1, 0.15) is 0 Å². The van der Waals surface area contributed by atoms with Crippen molar-refractivity contribution in [2.75, 3.05) is 0 Å². The van der Waals surface area contributed by atoms with E-state index >= 15 is 0 Å². The predicted octanol–water partition coefficient (Wildman–Crippen LogP) is 8.35. The number of fused-ring (bicyclic) bond motifs is 7. The van der Waals surface area contributed by atoms with Gasteiger partial charge in [-0.05, 0) is 128 Å². The fraction of sp³-hybridized carbons (Fsp3) is 1.00. The first-order chi connectivity index (χ1) is 13.2. The van der Waals surface area contributed by atoms with Crippen LogP contribution >= 0.6 is 0 Å². The van der Waals surface area contributed by atoms with Gasteiger partial charge in [-0.3, -0.25) is 0 Å². The molecule has 0 aromatic carbocycles. The maximum Gasteiger partial charge on any atom is -0.0261 e. The molecule has 0 aliphatic heterocycles. The van der Waals surface area contributed by atoms with E-state index in [1.54, 1.807) is 44.9 Å². The van der Waals surface area contributed by atoms with E-state index in [1.165, 1.54) is 25.7 Å². The molecule has 5 rings (SSSR count). The van der Waals surface area contributed by atoms with E-state index in [2.05, 4.69) is 41.5 Å². The highest BCUT2D eigenvalue weighted by Crippen LogP contribution is 2.72. The first kappa shape index (κ1) is 19.9. The van der Waals surface area contributed by atoms with Crippen LogP contribution in [0, 0.1) is 63.6 Å². The third-order valence-corrected chi connectivity index (χ3v) is 12.2. The summed E-state index contributed by atoms with van der Waals surface area (Å²) in [5.74, 6) is 8.20. The fourth-order valence-electron chi connectivity index (χ4n) is 11.0. The zero-order chi connectivity index (χ0) is 19.9. The van der Waals surface area contributed by atoms with Crippen molar-refractivity contribution in [1.82, 2.24) is 0 Å². The van der Waals surface area contributed by atoms with E-state index in [9.17, 15) is 0 Å². The molecule has 5 aliphatic carbocycles. The first-order valence-electron chi connectivity index (χ1n) is 13.2. The van der Waals surface area contributed by atoms with E-state index in [-0.39, 0.29) is 0 Å². The van der Waals surface area contributed by atoms with Crippen LogP contribution in [0.5, 0.6) is 0 Å². The van der Waals surface area contributed by atoms with E-state index in [0.29, 0.717) is 16.2 Å². The second-order valence-corrected chi connectivity index (χ2v) is 13.7. The van der Waals surface area contributed by atoms with E-state index < -0.39 is 0 Å². The number of rotatable bonds is 1. The lowest BCUT2D eigenvalue weighted by molar-refractivity contribution is -0.168. The minimum Gasteiger partial charge on any atom is -0.0625 e. The molecule has 28 heavy (non-hydrogen) atoms. The molecule has 0 aromatic rings. The summed E-state index contributed by atoms with van der Waals surface area (Å²) in [4.78, 5) is 0. The standard InChI is InChI=1S/C28H48/c1-18(2)19-13-16-27(5)24(19)14-17-28(6)23-11-10-22-20(8-7-15-26(22,3)4)21(23)9-12-25(27)28/h18-25H,7-17H2,1-6H3/t19-,20-,21-,22-,23-,24-,25-,27+,28+/m1/s1. The molecular formula is C28H48. The van der Waals surface area contributed by atoms with Crippen molar-refractivity contribution in [2.24, 2.45) is 63.6 Å². The fourth-order valence-corrected chi connectivity index (χ4v) is 11.0. The Kier molecular flexibility index (Phi) is 4.63. The molecule has 0 saturated heterocycles. The van der Waals surface area contributed by atoms with Gasteiger partial charge in [0.15, 0.2) is 0 Å². The van der Waals surface area contributed by atoms with E-state index in [0.717, 1.165) is 47.3 Å². The average molecular weight is 385 g/mol. The summed E-state index contributed by atoms with van der Waals surface area (Å²) in [6.45, 7) is 15.8. The van der Waals surface area contributed by atoms with Gasteiger partial charge in [-0.1, -0.05) is 48.0 Å². The molecule has 0 heterocycles. The van der Waals surface area contributed by atoms with Crippen molar-refractivity contribution in [3.05, 3.63) is 0 Å². The van der Waals surface area contributed by atoms with Crippen LogP contribution in [0.1, 0.15) is 112 Å². The Hall–Kier alpha value is 0. The minimum absolute atomic E-state index is 0.616. The summed E-state index contributed by atoms with van der Waals surface area (Å²) >= 11 is 0. The van der Waals surface area contributed by atoms with Gasteiger partial charge >= 0.3 is 0 Å². The Bertz CT molecular complexity index is 601. The van der Waals surface area contributed by atoms with Crippen molar-refractivity contribution in [2.45, 2.75) is 112 Å². The smallest absolute Gasteiger partial charge is 0.0261 e. The van der Waals surface area contributed by atoms with Crippen LogP contribution in [0.4, 0.5) is 0 Å². The van der Waals surface area contributed by atoms with Crippen LogP contribution in [0.25, 0.3) is 0 Å². The Balaban J connectivity index is 1.43. The molecule has 0 N–H and O–H groups in total. The monoisotopic (exact) mass is 384 g/mol. The summed E-state index contributed by atoms with van der Waals surface area (Å²) in [7, 11) is 0. The summed E-state index contributed by atoms with van der Waals surface area (Å²) in [5.41, 5.74) is 1.94. The minimum atomic E-state index is 0.616. The molecule has 0 spiro atoms. The highest BCUT2D eigenvalue weighted by atomic mass is 14.7. The van der Waals surface area contributed by atoms with Crippen LogP contribution in [0.2, 0.25) is 0 Å². The zero-order valence-corrected chi connectivity index (χ0v) is 19.9. The van der Waals surface area contributed by atoms with Crippen LogP contribution in [-0.2, 0) is 0 Å². The lowest BCUT2D eigenvalue weighted by atomic mass is 9.39. The zero-order valence-electron chi connectivity index (χ0n) is 19.9. The summed E-state index contributed by atoms with van der Waals surface area (Å²) < 4.78 is 0. The molecule has 0 nitrogen and oxygen atoms in total. The van der Waals surface area contributed by atoms with E-state index in [4.69, 9.17) is 0 Å². The molecular weight excluding hydrogens is 336 g/mol. The highest BCUT2D eigenvalue weighted by molar-refractivity contribution is 5.13. The second-order valence-electron chi connectivity index (χ2n) is 13.7. The molecule has 9 atom stereocenters. The number of hydrogen-bond acceptors (Lipinski definition) is 0. The molecule has 0 radical (unpaired) electrons. The van der Waals surface area contributed by atoms with Crippen molar-refractivity contribution in [3.63, 3.8) is 0 Å². The average Bonchev–Trinajstić information content (AvgIpc) is 2.98. The normalized spacial score (nSPS) is 55.2. The number of hydrogen-bond donors (Lipinski definition) is 0. The lowest BCUT2D eigenvalue weighted by Gasteiger charge is -2.66. The van der Waals surface area contributed by atoms with E-state index in [1.807, 2.05) is 0 Å². The van der Waals surface area contributed by atoms with Crippen LogP contribution in [0.3, 0.4) is 0 Å². The van der Waals surface area contributed by atoms with Gasteiger partial charge in [0, 0.05) is 0 Å². The van der Waals surface area contributed by atoms with Crippen molar-refractivity contribution in [3.8, 4) is 0 Å². The Labute approximate surface area is 176 Å². The summed E-state index contributed by atoms with van der Waals surface area (Å²) in [6.07, 6.45) is 17.0. The van der Waals surface area contributed by atoms with Gasteiger partial charge in [0.2, 0.25) is 0 Å². The Morgan fingerprint density at radius 3 is 2.00 bits per heavy atom. The van der Waals surface area contributed by atoms with Crippen molar-refractivity contribution in [1.29, 1.82) is 0 Å². The third kappa shape index (κ3) is 2.60. The first-order valence-corrected chi connectivity index (χ1v) is 13.2. The molecule has 0 heteroatoms. The predicted molar refractivity (Wildman–Crippen MR) is 120 cm³/mol.